The number of hydrogen-bond acceptors (Lipinski definition) is 2. The van der Waals surface area contributed by atoms with E-state index in [1.54, 1.807) is 0 Å². The molecule has 0 aliphatic heterocycles. The molecule has 0 saturated carbocycles. The van der Waals surface area contributed by atoms with Crippen LogP contribution in [-0.4, -0.2) is 28.9 Å². The lowest BCUT2D eigenvalue weighted by molar-refractivity contribution is 0.0722. The zero-order valence-corrected chi connectivity index (χ0v) is 11.7. The molecule has 1 rings (SSSR count). The molecule has 0 atom stereocenters. The molecule has 1 aromatic heterocycles. The van der Waals surface area contributed by atoms with Crippen molar-refractivity contribution in [2.45, 2.75) is 40.3 Å². The van der Waals surface area contributed by atoms with Gasteiger partial charge in [0.15, 0.2) is 5.78 Å². The predicted molar refractivity (Wildman–Crippen MR) is 70.0 cm³/mol. The highest BCUT2D eigenvalue weighted by molar-refractivity contribution is 6.30. The largest absolute Gasteiger partial charge is 0.377 e. The Balaban J connectivity index is 2.79. The zero-order chi connectivity index (χ0) is 13.0. The van der Waals surface area contributed by atoms with Crippen molar-refractivity contribution in [3.8, 4) is 0 Å². The molecule has 0 bridgehead atoms. The lowest BCUT2D eigenvalue weighted by atomic mass is 10.2. The number of aromatic nitrogens is 1. The van der Waals surface area contributed by atoms with Crippen LogP contribution in [0.2, 0.25) is 0 Å². The molecular weight excluding hydrogens is 238 g/mol. The number of alkyl halides is 1. The number of rotatable bonds is 6. The SMILES string of the molecule is Cc1cc(C(=O)CCl)c(C)n1CCOC(C)C. The number of ketones is 1. The van der Waals surface area contributed by atoms with Gasteiger partial charge in [-0.25, -0.2) is 0 Å². The number of carbonyl (C=O) groups is 1. The Morgan fingerprint density at radius 1 is 1.47 bits per heavy atom. The summed E-state index contributed by atoms with van der Waals surface area (Å²) in [7, 11) is 0. The minimum Gasteiger partial charge on any atom is -0.377 e. The standard InChI is InChI=1S/C13H20ClNO2/c1-9(2)17-6-5-15-10(3)7-12(11(15)4)13(16)8-14/h7,9H,5-6,8H2,1-4H3. The summed E-state index contributed by atoms with van der Waals surface area (Å²) >= 11 is 5.58. The third kappa shape index (κ3) is 3.58. The van der Waals surface area contributed by atoms with E-state index in [9.17, 15) is 4.79 Å². The molecule has 96 valence electrons. The maximum atomic E-state index is 11.6. The maximum Gasteiger partial charge on any atom is 0.179 e. The second-order valence-corrected chi connectivity index (χ2v) is 4.68. The van der Waals surface area contributed by atoms with Gasteiger partial charge in [-0.1, -0.05) is 0 Å². The van der Waals surface area contributed by atoms with Crippen molar-refractivity contribution in [1.82, 2.24) is 4.57 Å². The third-order valence-corrected chi connectivity index (χ3v) is 3.00. The monoisotopic (exact) mass is 257 g/mol. The number of aryl methyl sites for hydroxylation is 1. The molecular formula is C13H20ClNO2. The molecule has 0 amide bonds. The summed E-state index contributed by atoms with van der Waals surface area (Å²) in [6, 6.07) is 1.90. The number of hydrogen-bond donors (Lipinski definition) is 0. The Labute approximate surface area is 108 Å². The fraction of sp³-hybridized carbons (Fsp3) is 0.615. The Morgan fingerprint density at radius 3 is 2.65 bits per heavy atom. The molecule has 1 aromatic rings. The molecule has 0 spiro atoms. The maximum absolute atomic E-state index is 11.6. The highest BCUT2D eigenvalue weighted by atomic mass is 35.5. The van der Waals surface area contributed by atoms with E-state index < -0.39 is 0 Å². The molecule has 0 fully saturated rings. The number of ether oxygens (including phenoxy) is 1. The molecule has 3 nitrogen and oxygen atoms in total. The number of Topliss-reactive ketones (excluding diaryl/α,β-unsaturated/α-hetero) is 1. The van der Waals surface area contributed by atoms with Crippen molar-refractivity contribution in [2.24, 2.45) is 0 Å². The van der Waals surface area contributed by atoms with Gasteiger partial charge < -0.3 is 9.30 Å². The number of halogens is 1. The van der Waals surface area contributed by atoms with Crippen LogP contribution in [0, 0.1) is 13.8 Å². The average molecular weight is 258 g/mol. The Bertz CT molecular complexity index is 396. The van der Waals surface area contributed by atoms with E-state index in [4.69, 9.17) is 16.3 Å². The Morgan fingerprint density at radius 2 is 2.12 bits per heavy atom. The molecule has 17 heavy (non-hydrogen) atoms. The first-order valence-electron chi connectivity index (χ1n) is 5.84. The molecule has 0 aliphatic rings. The highest BCUT2D eigenvalue weighted by Gasteiger charge is 2.14. The van der Waals surface area contributed by atoms with Crippen molar-refractivity contribution >= 4 is 17.4 Å². The summed E-state index contributed by atoms with van der Waals surface area (Å²) in [5.74, 6) is 0.0167. The average Bonchev–Trinajstić information content (AvgIpc) is 2.55. The van der Waals surface area contributed by atoms with Gasteiger partial charge in [-0.15, -0.1) is 11.6 Å². The Kier molecular flexibility index (Phi) is 5.22. The summed E-state index contributed by atoms with van der Waals surface area (Å²) < 4.78 is 7.62. The van der Waals surface area contributed by atoms with Crippen LogP contribution < -0.4 is 0 Å². The van der Waals surface area contributed by atoms with Crippen LogP contribution in [0.15, 0.2) is 6.07 Å². The predicted octanol–water partition coefficient (Wildman–Crippen LogP) is 2.95. The van der Waals surface area contributed by atoms with E-state index in [2.05, 4.69) is 4.57 Å². The van der Waals surface area contributed by atoms with E-state index in [0.29, 0.717) is 6.61 Å². The second-order valence-electron chi connectivity index (χ2n) is 4.41. The minimum absolute atomic E-state index is 0.0178. The van der Waals surface area contributed by atoms with E-state index in [-0.39, 0.29) is 17.8 Å². The van der Waals surface area contributed by atoms with Crippen LogP contribution in [0.5, 0.6) is 0 Å². The van der Waals surface area contributed by atoms with E-state index in [1.807, 2.05) is 33.8 Å². The molecule has 0 radical (unpaired) electrons. The fourth-order valence-electron chi connectivity index (χ4n) is 1.88. The van der Waals surface area contributed by atoms with Gasteiger partial charge in [-0.2, -0.15) is 0 Å². The van der Waals surface area contributed by atoms with Gasteiger partial charge in [0.05, 0.1) is 18.6 Å². The van der Waals surface area contributed by atoms with E-state index in [1.165, 1.54) is 0 Å². The van der Waals surface area contributed by atoms with Crippen LogP contribution in [-0.2, 0) is 11.3 Å². The lowest BCUT2D eigenvalue weighted by Gasteiger charge is -2.12. The highest BCUT2D eigenvalue weighted by Crippen LogP contribution is 2.16. The van der Waals surface area contributed by atoms with Gasteiger partial charge in [0.2, 0.25) is 0 Å². The molecule has 1 heterocycles. The summed E-state index contributed by atoms with van der Waals surface area (Å²) in [6.45, 7) is 9.39. The van der Waals surface area contributed by atoms with Crippen LogP contribution in [0.3, 0.4) is 0 Å². The number of nitrogens with zero attached hydrogens (tertiary/aromatic N) is 1. The van der Waals surface area contributed by atoms with Crippen LogP contribution in [0.1, 0.15) is 35.6 Å². The fourth-order valence-corrected chi connectivity index (χ4v) is 2.02. The van der Waals surface area contributed by atoms with Crippen molar-refractivity contribution in [3.63, 3.8) is 0 Å². The Hall–Kier alpha value is -0.800. The first-order chi connectivity index (χ1) is 7.97. The number of carbonyl (C=O) groups excluding carboxylic acids is 1. The van der Waals surface area contributed by atoms with Gasteiger partial charge in [-0.05, 0) is 33.8 Å². The van der Waals surface area contributed by atoms with Crippen LogP contribution in [0.25, 0.3) is 0 Å². The van der Waals surface area contributed by atoms with Crippen LogP contribution >= 0.6 is 11.6 Å². The van der Waals surface area contributed by atoms with Crippen molar-refractivity contribution < 1.29 is 9.53 Å². The molecule has 0 unspecified atom stereocenters. The molecule has 0 saturated heterocycles. The van der Waals surface area contributed by atoms with Gasteiger partial charge in [0.1, 0.15) is 0 Å². The van der Waals surface area contributed by atoms with Crippen LogP contribution in [0.4, 0.5) is 0 Å². The topological polar surface area (TPSA) is 31.2 Å². The molecule has 0 aromatic carbocycles. The van der Waals surface area contributed by atoms with Crippen molar-refractivity contribution in [3.05, 3.63) is 23.0 Å². The van der Waals surface area contributed by atoms with Gasteiger partial charge in [-0.3, -0.25) is 4.79 Å². The molecule has 4 heteroatoms. The minimum atomic E-state index is -0.0178. The normalized spacial score (nSPS) is 11.2. The van der Waals surface area contributed by atoms with Gasteiger partial charge >= 0.3 is 0 Å². The summed E-state index contributed by atoms with van der Waals surface area (Å²) in [4.78, 5) is 11.6. The smallest absolute Gasteiger partial charge is 0.179 e. The first kappa shape index (κ1) is 14.3. The summed E-state index contributed by atoms with van der Waals surface area (Å²) in [6.07, 6.45) is 0.232. The molecule has 0 N–H and O–H groups in total. The quantitative estimate of drug-likeness (QED) is 0.580. The van der Waals surface area contributed by atoms with E-state index >= 15 is 0 Å². The van der Waals surface area contributed by atoms with Gasteiger partial charge in [0.25, 0.3) is 0 Å². The van der Waals surface area contributed by atoms with E-state index in [0.717, 1.165) is 23.5 Å². The second kappa shape index (κ2) is 6.22. The summed E-state index contributed by atoms with van der Waals surface area (Å²) in [5, 5.41) is 0. The first-order valence-corrected chi connectivity index (χ1v) is 6.38. The van der Waals surface area contributed by atoms with Crippen molar-refractivity contribution in [2.75, 3.05) is 12.5 Å². The van der Waals surface area contributed by atoms with Crippen molar-refractivity contribution in [1.29, 1.82) is 0 Å². The summed E-state index contributed by atoms with van der Waals surface area (Å²) in [5.41, 5.74) is 2.77. The molecule has 0 aliphatic carbocycles. The lowest BCUT2D eigenvalue weighted by Crippen LogP contribution is -2.13. The zero-order valence-electron chi connectivity index (χ0n) is 10.9. The van der Waals surface area contributed by atoms with Gasteiger partial charge in [0, 0.05) is 23.5 Å². The third-order valence-electron chi connectivity index (χ3n) is 2.76.